The smallest absolute Gasteiger partial charge is 0.0423 e. The van der Waals surface area contributed by atoms with Crippen LogP contribution < -0.4 is 5.32 Å². The first kappa shape index (κ1) is 8.10. The zero-order chi connectivity index (χ0) is 9.10. The molecule has 1 aromatic carbocycles. The van der Waals surface area contributed by atoms with Crippen LogP contribution in [-0.2, 0) is 13.0 Å². The lowest BCUT2D eigenvalue weighted by Crippen LogP contribution is -2.23. The number of azide groups is 1. The molecular weight excluding hydrogens is 164 g/mol. The zero-order valence-electron chi connectivity index (χ0n) is 7.20. The van der Waals surface area contributed by atoms with Gasteiger partial charge in [0.25, 0.3) is 0 Å². The molecule has 4 nitrogen and oxygen atoms in total. The highest BCUT2D eigenvalue weighted by molar-refractivity contribution is 5.51. The van der Waals surface area contributed by atoms with Gasteiger partial charge in [0, 0.05) is 17.1 Å². The molecule has 1 aliphatic rings. The van der Waals surface area contributed by atoms with Gasteiger partial charge < -0.3 is 5.32 Å². The highest BCUT2D eigenvalue weighted by atomic mass is 15.1. The second-order valence-corrected chi connectivity index (χ2v) is 3.03. The number of nitrogens with zero attached hydrogens (tertiary/aromatic N) is 3. The molecule has 0 saturated heterocycles. The van der Waals surface area contributed by atoms with Crippen LogP contribution >= 0.6 is 0 Å². The molecule has 0 radical (unpaired) electrons. The summed E-state index contributed by atoms with van der Waals surface area (Å²) in [5.41, 5.74) is 11.6. The van der Waals surface area contributed by atoms with Gasteiger partial charge >= 0.3 is 0 Å². The molecule has 0 amide bonds. The predicted molar refractivity (Wildman–Crippen MR) is 50.7 cm³/mol. The van der Waals surface area contributed by atoms with E-state index in [0.717, 1.165) is 30.8 Å². The summed E-state index contributed by atoms with van der Waals surface area (Å²) in [4.78, 5) is 2.81. The Morgan fingerprint density at radius 1 is 1.46 bits per heavy atom. The van der Waals surface area contributed by atoms with Gasteiger partial charge in [0.15, 0.2) is 0 Å². The van der Waals surface area contributed by atoms with Gasteiger partial charge in [-0.25, -0.2) is 0 Å². The SMILES string of the molecule is [N-]=[N+]=Nc1cccc2c1CNCC2. The Balaban J connectivity index is 2.51. The summed E-state index contributed by atoms with van der Waals surface area (Å²) in [6, 6.07) is 5.88. The van der Waals surface area contributed by atoms with Crippen LogP contribution in [0.2, 0.25) is 0 Å². The third kappa shape index (κ3) is 1.49. The molecule has 66 valence electrons. The van der Waals surface area contributed by atoms with Crippen LogP contribution in [0.15, 0.2) is 23.3 Å². The highest BCUT2D eigenvalue weighted by Gasteiger charge is 2.10. The number of nitrogens with one attached hydrogen (secondary N) is 1. The van der Waals surface area contributed by atoms with Gasteiger partial charge in [0.05, 0.1) is 0 Å². The molecule has 1 aromatic rings. The first-order chi connectivity index (χ1) is 6.42. The number of fused-ring (bicyclic) bond motifs is 1. The van der Waals surface area contributed by atoms with E-state index in [-0.39, 0.29) is 0 Å². The molecule has 0 aliphatic carbocycles. The van der Waals surface area contributed by atoms with Crippen molar-refractivity contribution in [2.75, 3.05) is 6.54 Å². The van der Waals surface area contributed by atoms with Crippen LogP contribution in [0.5, 0.6) is 0 Å². The van der Waals surface area contributed by atoms with Crippen molar-refractivity contribution in [3.05, 3.63) is 39.8 Å². The van der Waals surface area contributed by atoms with E-state index in [0.29, 0.717) is 0 Å². The van der Waals surface area contributed by atoms with Crippen molar-refractivity contribution in [3.8, 4) is 0 Å². The molecule has 4 heteroatoms. The van der Waals surface area contributed by atoms with Gasteiger partial charge in [-0.2, -0.15) is 0 Å². The lowest BCUT2D eigenvalue weighted by molar-refractivity contribution is 0.644. The zero-order valence-corrected chi connectivity index (χ0v) is 7.20. The highest BCUT2D eigenvalue weighted by Crippen LogP contribution is 2.25. The van der Waals surface area contributed by atoms with Crippen LogP contribution in [0, 0.1) is 0 Å². The van der Waals surface area contributed by atoms with E-state index in [1.165, 1.54) is 5.56 Å². The fraction of sp³-hybridized carbons (Fsp3) is 0.333. The minimum Gasteiger partial charge on any atom is -0.312 e. The summed E-state index contributed by atoms with van der Waals surface area (Å²) in [7, 11) is 0. The monoisotopic (exact) mass is 174 g/mol. The largest absolute Gasteiger partial charge is 0.312 e. The maximum absolute atomic E-state index is 8.36. The Morgan fingerprint density at radius 3 is 3.23 bits per heavy atom. The molecule has 0 unspecified atom stereocenters. The number of hydrogen-bond acceptors (Lipinski definition) is 2. The topological polar surface area (TPSA) is 60.8 Å². The molecule has 0 bridgehead atoms. The summed E-state index contributed by atoms with van der Waals surface area (Å²) in [6.45, 7) is 1.82. The van der Waals surface area contributed by atoms with Crippen LogP contribution in [0.25, 0.3) is 10.4 Å². The summed E-state index contributed by atoms with van der Waals surface area (Å²) >= 11 is 0. The quantitative estimate of drug-likeness (QED) is 0.396. The Hall–Kier alpha value is -1.51. The van der Waals surface area contributed by atoms with E-state index in [4.69, 9.17) is 5.53 Å². The second-order valence-electron chi connectivity index (χ2n) is 3.03. The maximum atomic E-state index is 8.36. The Bertz CT molecular complexity index is 366. The first-order valence-corrected chi connectivity index (χ1v) is 4.28. The maximum Gasteiger partial charge on any atom is 0.0423 e. The molecule has 13 heavy (non-hydrogen) atoms. The van der Waals surface area contributed by atoms with Crippen LogP contribution in [0.4, 0.5) is 5.69 Å². The van der Waals surface area contributed by atoms with Crippen molar-refractivity contribution in [1.29, 1.82) is 0 Å². The standard InChI is InChI=1S/C9H10N4/c10-13-12-9-3-1-2-7-4-5-11-6-8(7)9/h1-3,11H,4-6H2. The molecule has 0 atom stereocenters. The van der Waals surface area contributed by atoms with Crippen LogP contribution in [-0.4, -0.2) is 6.54 Å². The van der Waals surface area contributed by atoms with E-state index >= 15 is 0 Å². The van der Waals surface area contributed by atoms with Gasteiger partial charge in [-0.1, -0.05) is 23.3 Å². The second kappa shape index (κ2) is 3.47. The summed E-state index contributed by atoms with van der Waals surface area (Å²) in [6.07, 6.45) is 1.02. The van der Waals surface area contributed by atoms with E-state index in [1.54, 1.807) is 0 Å². The fourth-order valence-corrected chi connectivity index (χ4v) is 1.64. The third-order valence-electron chi connectivity index (χ3n) is 2.27. The van der Waals surface area contributed by atoms with Crippen molar-refractivity contribution >= 4 is 5.69 Å². The molecular formula is C9H10N4. The Kier molecular flexibility index (Phi) is 2.17. The van der Waals surface area contributed by atoms with Gasteiger partial charge in [0.1, 0.15) is 0 Å². The molecule has 0 saturated carbocycles. The molecule has 0 aromatic heterocycles. The fourth-order valence-electron chi connectivity index (χ4n) is 1.64. The van der Waals surface area contributed by atoms with E-state index in [9.17, 15) is 0 Å². The van der Waals surface area contributed by atoms with E-state index < -0.39 is 0 Å². The number of hydrogen-bond donors (Lipinski definition) is 1. The van der Waals surface area contributed by atoms with Crippen LogP contribution in [0.3, 0.4) is 0 Å². The Labute approximate surface area is 76.2 Å². The van der Waals surface area contributed by atoms with Crippen molar-refractivity contribution < 1.29 is 0 Å². The van der Waals surface area contributed by atoms with Gasteiger partial charge in [-0.05, 0) is 29.6 Å². The van der Waals surface area contributed by atoms with E-state index in [2.05, 4.69) is 21.4 Å². The third-order valence-corrected chi connectivity index (χ3v) is 2.27. The van der Waals surface area contributed by atoms with Crippen LogP contribution in [0.1, 0.15) is 11.1 Å². The first-order valence-electron chi connectivity index (χ1n) is 4.28. The van der Waals surface area contributed by atoms with Gasteiger partial charge in [0.2, 0.25) is 0 Å². The predicted octanol–water partition coefficient (Wildman–Crippen LogP) is 2.27. The molecule has 2 rings (SSSR count). The van der Waals surface area contributed by atoms with Crippen molar-refractivity contribution in [2.45, 2.75) is 13.0 Å². The average molecular weight is 174 g/mol. The van der Waals surface area contributed by atoms with Gasteiger partial charge in [-0.3, -0.25) is 0 Å². The summed E-state index contributed by atoms with van der Waals surface area (Å²) in [5, 5.41) is 6.92. The van der Waals surface area contributed by atoms with Crippen molar-refractivity contribution in [2.24, 2.45) is 5.11 Å². The van der Waals surface area contributed by atoms with E-state index in [1.807, 2.05) is 12.1 Å². The molecule has 1 aliphatic heterocycles. The lowest BCUT2D eigenvalue weighted by Gasteiger charge is -2.18. The average Bonchev–Trinajstić information content (AvgIpc) is 2.19. The lowest BCUT2D eigenvalue weighted by atomic mass is 10.00. The summed E-state index contributed by atoms with van der Waals surface area (Å²) < 4.78 is 0. The molecule has 0 fully saturated rings. The summed E-state index contributed by atoms with van der Waals surface area (Å²) in [5.74, 6) is 0. The van der Waals surface area contributed by atoms with Crippen molar-refractivity contribution in [1.82, 2.24) is 5.32 Å². The molecule has 1 N–H and O–H groups in total. The Morgan fingerprint density at radius 2 is 2.38 bits per heavy atom. The molecule has 0 spiro atoms. The van der Waals surface area contributed by atoms with Gasteiger partial charge in [-0.15, -0.1) is 0 Å². The number of rotatable bonds is 1. The number of benzene rings is 1. The van der Waals surface area contributed by atoms with Crippen molar-refractivity contribution in [3.63, 3.8) is 0 Å². The minimum atomic E-state index is 0.757. The molecule has 1 heterocycles. The minimum absolute atomic E-state index is 0.757. The normalized spacial score (nSPS) is 14.5.